The second-order valence-electron chi connectivity index (χ2n) is 6.17. The number of nitriles is 1. The molecule has 0 saturated heterocycles. The lowest BCUT2D eigenvalue weighted by molar-refractivity contribution is 0.0378. The van der Waals surface area contributed by atoms with Gasteiger partial charge >= 0.3 is 5.97 Å². The van der Waals surface area contributed by atoms with Crippen molar-refractivity contribution >= 4 is 17.2 Å². The monoisotopic (exact) mass is 374 g/mol. The minimum atomic E-state index is -0.354. The third kappa shape index (κ3) is 4.59. The highest BCUT2D eigenvalue weighted by molar-refractivity contribution is 5.91. The van der Waals surface area contributed by atoms with Crippen LogP contribution in [0.4, 0.5) is 5.69 Å². The van der Waals surface area contributed by atoms with E-state index < -0.39 is 0 Å². The molecular formula is C20H18N6O2. The van der Waals surface area contributed by atoms with Gasteiger partial charge in [-0.25, -0.2) is 4.79 Å². The molecule has 0 fully saturated rings. The average molecular weight is 374 g/mol. The van der Waals surface area contributed by atoms with E-state index in [0.717, 1.165) is 16.8 Å². The highest BCUT2D eigenvalue weighted by atomic mass is 16.5. The third-order valence-electron chi connectivity index (χ3n) is 3.73. The van der Waals surface area contributed by atoms with Crippen molar-refractivity contribution in [1.29, 1.82) is 5.26 Å². The van der Waals surface area contributed by atoms with Crippen LogP contribution in [0.15, 0.2) is 54.7 Å². The first-order valence-electron chi connectivity index (χ1n) is 8.59. The summed E-state index contributed by atoms with van der Waals surface area (Å²) in [6.45, 7) is 3.63. The molecule has 3 rings (SSSR count). The normalized spacial score (nSPS) is 11.1. The highest BCUT2D eigenvalue weighted by Gasteiger charge is 2.10. The van der Waals surface area contributed by atoms with Crippen molar-refractivity contribution in [3.63, 3.8) is 0 Å². The maximum Gasteiger partial charge on any atom is 0.338 e. The molecule has 0 atom stereocenters. The number of benzene rings is 2. The molecule has 2 aromatic carbocycles. The summed E-state index contributed by atoms with van der Waals surface area (Å²) in [5.74, 6) is -0.143. The van der Waals surface area contributed by atoms with Gasteiger partial charge in [-0.05, 0) is 54.5 Å². The number of aromatic nitrogens is 4. The molecule has 0 radical (unpaired) electrons. The largest absolute Gasteiger partial charge is 0.459 e. The van der Waals surface area contributed by atoms with Crippen LogP contribution in [0.25, 0.3) is 16.7 Å². The van der Waals surface area contributed by atoms with Gasteiger partial charge in [-0.2, -0.15) is 10.5 Å². The number of anilines is 1. The summed E-state index contributed by atoms with van der Waals surface area (Å²) in [4.78, 5) is 12.1. The maximum absolute atomic E-state index is 12.1. The fourth-order valence-electron chi connectivity index (χ4n) is 2.47. The Bertz CT molecular complexity index is 1030. The molecule has 1 aromatic heterocycles. The number of allylic oxidation sites excluding steroid dienone is 1. The lowest BCUT2D eigenvalue weighted by Gasteiger charge is -2.10. The van der Waals surface area contributed by atoms with Gasteiger partial charge in [0.2, 0.25) is 5.82 Å². The van der Waals surface area contributed by atoms with E-state index in [1.54, 1.807) is 12.1 Å². The smallest absolute Gasteiger partial charge is 0.338 e. The first kappa shape index (κ1) is 18.8. The van der Waals surface area contributed by atoms with E-state index in [2.05, 4.69) is 25.9 Å². The molecular weight excluding hydrogens is 356 g/mol. The molecule has 8 nitrogen and oxygen atoms in total. The van der Waals surface area contributed by atoms with E-state index in [1.807, 2.05) is 56.3 Å². The van der Waals surface area contributed by atoms with Crippen LogP contribution < -0.4 is 5.32 Å². The van der Waals surface area contributed by atoms with Crippen molar-refractivity contribution in [2.45, 2.75) is 20.0 Å². The molecule has 28 heavy (non-hydrogen) atoms. The molecule has 3 aromatic rings. The standard InChI is InChI=1S/C20H18N6O2/c1-13(2)28-20(27)16-7-3-5-14(9-16)15-6-4-8-18(10-15)22-12-17(11-21)19-23-25-26-24-19/h3-10,12-13,22H,1-2H3,(H,23,24,25,26). The number of ether oxygens (including phenoxy) is 1. The number of H-pyrrole nitrogens is 1. The fourth-order valence-corrected chi connectivity index (χ4v) is 2.47. The Labute approximate surface area is 161 Å². The quantitative estimate of drug-likeness (QED) is 0.501. The van der Waals surface area contributed by atoms with Crippen LogP contribution >= 0.6 is 0 Å². The zero-order valence-corrected chi connectivity index (χ0v) is 15.4. The molecule has 0 bridgehead atoms. The van der Waals surface area contributed by atoms with Crippen molar-refractivity contribution in [2.24, 2.45) is 0 Å². The summed E-state index contributed by atoms with van der Waals surface area (Å²) >= 11 is 0. The van der Waals surface area contributed by atoms with Gasteiger partial charge in [-0.1, -0.05) is 24.3 Å². The number of esters is 1. The van der Waals surface area contributed by atoms with Crippen LogP contribution in [0.5, 0.6) is 0 Å². The Balaban J connectivity index is 1.82. The molecule has 1 heterocycles. The van der Waals surface area contributed by atoms with E-state index in [0.29, 0.717) is 5.56 Å². The number of tetrazole rings is 1. The number of rotatable bonds is 6. The number of carbonyl (C=O) groups is 1. The SMILES string of the molecule is CC(C)OC(=O)c1cccc(-c2cccc(NC=C(C#N)c3nn[nH]n3)c2)c1. The highest BCUT2D eigenvalue weighted by Crippen LogP contribution is 2.24. The zero-order chi connectivity index (χ0) is 19.9. The zero-order valence-electron chi connectivity index (χ0n) is 15.4. The molecule has 0 amide bonds. The van der Waals surface area contributed by atoms with E-state index in [1.165, 1.54) is 6.20 Å². The second kappa shape index (κ2) is 8.60. The van der Waals surface area contributed by atoms with Gasteiger partial charge in [0.1, 0.15) is 11.6 Å². The molecule has 8 heteroatoms. The van der Waals surface area contributed by atoms with Crippen molar-refractivity contribution in [3.8, 4) is 17.2 Å². The Morgan fingerprint density at radius 1 is 1.21 bits per heavy atom. The molecule has 0 saturated carbocycles. The van der Waals surface area contributed by atoms with Gasteiger partial charge in [-0.15, -0.1) is 10.2 Å². The fraction of sp³-hybridized carbons (Fsp3) is 0.150. The number of nitrogens with one attached hydrogen (secondary N) is 2. The number of aromatic amines is 1. The van der Waals surface area contributed by atoms with Crippen molar-refractivity contribution in [3.05, 3.63) is 66.1 Å². The molecule has 0 unspecified atom stereocenters. The Morgan fingerprint density at radius 2 is 1.96 bits per heavy atom. The van der Waals surface area contributed by atoms with Gasteiger partial charge in [-0.3, -0.25) is 0 Å². The van der Waals surface area contributed by atoms with Crippen molar-refractivity contribution in [2.75, 3.05) is 5.32 Å². The van der Waals surface area contributed by atoms with Gasteiger partial charge < -0.3 is 10.1 Å². The Hall–Kier alpha value is -3.99. The summed E-state index contributed by atoms with van der Waals surface area (Å²) in [5.41, 5.74) is 3.30. The summed E-state index contributed by atoms with van der Waals surface area (Å²) < 4.78 is 5.25. The molecule has 140 valence electrons. The van der Waals surface area contributed by atoms with E-state index >= 15 is 0 Å². The lowest BCUT2D eigenvalue weighted by atomic mass is 10.0. The Morgan fingerprint density at radius 3 is 2.64 bits per heavy atom. The first-order chi connectivity index (χ1) is 13.6. The van der Waals surface area contributed by atoms with E-state index in [4.69, 9.17) is 4.74 Å². The van der Waals surface area contributed by atoms with Crippen LogP contribution in [-0.2, 0) is 4.74 Å². The van der Waals surface area contributed by atoms with Gasteiger partial charge in [0.25, 0.3) is 0 Å². The van der Waals surface area contributed by atoms with Gasteiger partial charge in [0.15, 0.2) is 0 Å². The first-order valence-corrected chi connectivity index (χ1v) is 8.59. The molecule has 0 aliphatic carbocycles. The van der Waals surface area contributed by atoms with E-state index in [-0.39, 0.29) is 23.5 Å². The van der Waals surface area contributed by atoms with Gasteiger partial charge in [0, 0.05) is 11.9 Å². The number of hydrogen-bond acceptors (Lipinski definition) is 7. The second-order valence-corrected chi connectivity index (χ2v) is 6.17. The van der Waals surface area contributed by atoms with Crippen LogP contribution in [-0.4, -0.2) is 32.7 Å². The Kier molecular flexibility index (Phi) is 5.77. The molecule has 0 aliphatic rings. The van der Waals surface area contributed by atoms with Crippen LogP contribution in [0.2, 0.25) is 0 Å². The molecule has 2 N–H and O–H groups in total. The summed E-state index contributed by atoms with van der Waals surface area (Å²) in [6, 6.07) is 16.9. The van der Waals surface area contributed by atoms with E-state index in [9.17, 15) is 10.1 Å². The maximum atomic E-state index is 12.1. The summed E-state index contributed by atoms with van der Waals surface area (Å²) in [7, 11) is 0. The van der Waals surface area contributed by atoms with Crippen LogP contribution in [0, 0.1) is 11.3 Å². The van der Waals surface area contributed by atoms with Gasteiger partial charge in [0.05, 0.1) is 11.7 Å². The number of nitrogens with zero attached hydrogens (tertiary/aromatic N) is 4. The third-order valence-corrected chi connectivity index (χ3v) is 3.73. The predicted octanol–water partition coefficient (Wildman–Crippen LogP) is 3.41. The van der Waals surface area contributed by atoms with Crippen molar-refractivity contribution < 1.29 is 9.53 Å². The minimum Gasteiger partial charge on any atom is -0.459 e. The molecule has 0 aliphatic heterocycles. The van der Waals surface area contributed by atoms with Crippen molar-refractivity contribution in [1.82, 2.24) is 20.6 Å². The summed E-state index contributed by atoms with van der Waals surface area (Å²) in [6.07, 6.45) is 1.34. The topological polar surface area (TPSA) is 117 Å². The molecule has 0 spiro atoms. The average Bonchev–Trinajstić information content (AvgIpc) is 3.23. The van der Waals surface area contributed by atoms with Crippen LogP contribution in [0.3, 0.4) is 0 Å². The predicted molar refractivity (Wildman–Crippen MR) is 104 cm³/mol. The number of hydrogen-bond donors (Lipinski definition) is 2. The minimum absolute atomic E-state index is 0.177. The number of carbonyl (C=O) groups excluding carboxylic acids is 1. The lowest BCUT2D eigenvalue weighted by Crippen LogP contribution is -2.11. The van der Waals surface area contributed by atoms with Crippen LogP contribution in [0.1, 0.15) is 30.0 Å². The summed E-state index contributed by atoms with van der Waals surface area (Å²) in [5, 5.41) is 25.6.